The third-order valence-corrected chi connectivity index (χ3v) is 6.76. The molecule has 0 aliphatic carbocycles. The molecule has 0 aliphatic rings. The van der Waals surface area contributed by atoms with Crippen LogP contribution >= 0.6 is 22.7 Å². The summed E-state index contributed by atoms with van der Waals surface area (Å²) in [6.45, 7) is 8.14. The Morgan fingerprint density at radius 2 is 2.00 bits per heavy atom. The van der Waals surface area contributed by atoms with Crippen molar-refractivity contribution in [3.05, 3.63) is 50.0 Å². The summed E-state index contributed by atoms with van der Waals surface area (Å²) in [4.78, 5) is 32.8. The fraction of sp³-hybridized carbons (Fsp3) is 0.273. The van der Waals surface area contributed by atoms with E-state index in [0.29, 0.717) is 27.2 Å². The largest absolute Gasteiger partial charge is 0.465 e. The van der Waals surface area contributed by atoms with Crippen LogP contribution in [0.15, 0.2) is 29.8 Å². The quantitative estimate of drug-likeness (QED) is 0.405. The number of esters is 1. The number of pyridine rings is 1. The van der Waals surface area contributed by atoms with Crippen LogP contribution < -0.4 is 5.32 Å². The van der Waals surface area contributed by atoms with Crippen LogP contribution in [-0.2, 0) is 4.74 Å². The molecule has 0 radical (unpaired) electrons. The number of nitrogens with zero attached hydrogens (tertiary/aromatic N) is 3. The molecule has 0 spiro atoms. The van der Waals surface area contributed by atoms with E-state index in [1.165, 1.54) is 23.3 Å². The average Bonchev–Trinajstić information content (AvgIpc) is 3.44. The zero-order chi connectivity index (χ0) is 22.3. The van der Waals surface area contributed by atoms with Gasteiger partial charge in [-0.2, -0.15) is 5.10 Å². The Kier molecular flexibility index (Phi) is 5.63. The topological polar surface area (TPSA) is 86.1 Å². The van der Waals surface area contributed by atoms with Gasteiger partial charge in [-0.15, -0.1) is 22.7 Å². The first-order valence-electron chi connectivity index (χ1n) is 9.73. The minimum atomic E-state index is -0.483. The molecule has 0 bridgehead atoms. The Morgan fingerprint density at radius 3 is 2.65 bits per heavy atom. The molecule has 1 N–H and O–H groups in total. The highest BCUT2D eigenvalue weighted by molar-refractivity contribution is 7.12. The fourth-order valence-corrected chi connectivity index (χ4v) is 5.15. The van der Waals surface area contributed by atoms with Gasteiger partial charge in [0.05, 0.1) is 35.6 Å². The van der Waals surface area contributed by atoms with Crippen molar-refractivity contribution in [3.8, 4) is 11.3 Å². The minimum absolute atomic E-state index is 0.0873. The third kappa shape index (κ3) is 3.86. The van der Waals surface area contributed by atoms with Crippen molar-refractivity contribution in [1.82, 2.24) is 14.8 Å². The van der Waals surface area contributed by atoms with Crippen LogP contribution in [0.2, 0.25) is 0 Å². The maximum atomic E-state index is 13.3. The van der Waals surface area contributed by atoms with Gasteiger partial charge in [-0.05, 0) is 51.3 Å². The van der Waals surface area contributed by atoms with Crippen molar-refractivity contribution in [3.63, 3.8) is 0 Å². The van der Waals surface area contributed by atoms with E-state index in [-0.39, 0.29) is 11.9 Å². The van der Waals surface area contributed by atoms with Gasteiger partial charge in [0.15, 0.2) is 5.65 Å². The molecule has 7 nitrogen and oxygen atoms in total. The predicted octanol–water partition coefficient (Wildman–Crippen LogP) is 5.46. The lowest BCUT2D eigenvalue weighted by molar-refractivity contribution is 0.0607. The van der Waals surface area contributed by atoms with Gasteiger partial charge >= 0.3 is 5.97 Å². The van der Waals surface area contributed by atoms with Gasteiger partial charge < -0.3 is 10.1 Å². The van der Waals surface area contributed by atoms with E-state index in [9.17, 15) is 9.59 Å². The second kappa shape index (κ2) is 8.24. The lowest BCUT2D eigenvalue weighted by Gasteiger charge is -2.11. The Balaban J connectivity index is 1.85. The summed E-state index contributed by atoms with van der Waals surface area (Å²) in [5.74, 6) is -0.812. The number of carbonyl (C=O) groups is 2. The van der Waals surface area contributed by atoms with Gasteiger partial charge in [-0.25, -0.2) is 14.5 Å². The highest BCUT2D eigenvalue weighted by Gasteiger charge is 2.22. The van der Waals surface area contributed by atoms with Crippen LogP contribution in [-0.4, -0.2) is 33.8 Å². The maximum absolute atomic E-state index is 13.3. The summed E-state index contributed by atoms with van der Waals surface area (Å²) in [5.41, 5.74) is 3.25. The molecule has 0 fully saturated rings. The van der Waals surface area contributed by atoms with Gasteiger partial charge in [-0.1, -0.05) is 0 Å². The average molecular weight is 455 g/mol. The number of rotatable bonds is 5. The van der Waals surface area contributed by atoms with Gasteiger partial charge in [0, 0.05) is 21.4 Å². The summed E-state index contributed by atoms with van der Waals surface area (Å²) in [6, 6.07) is 5.66. The number of fused-ring (bicyclic) bond motifs is 1. The lowest BCUT2D eigenvalue weighted by atomic mass is 10.1. The molecule has 0 aliphatic heterocycles. The number of carbonyl (C=O) groups excluding carboxylic acids is 2. The highest BCUT2D eigenvalue weighted by Crippen LogP contribution is 2.33. The standard InChI is InChI=1S/C22H22N4O3S2/c1-11(2)26-20-16(10-23-26)15(9-18(24-20)14-8-12(3)31-13(14)4)21(27)25-17-6-7-30-19(17)22(28)29-5/h6-11H,1-5H3,(H,25,27). The third-order valence-electron chi connectivity index (χ3n) is 4.90. The van der Waals surface area contributed by atoms with E-state index in [1.807, 2.05) is 25.5 Å². The first-order chi connectivity index (χ1) is 14.8. The Labute approximate surface area is 187 Å². The molecular weight excluding hydrogens is 432 g/mol. The van der Waals surface area contributed by atoms with Gasteiger partial charge in [-0.3, -0.25) is 4.79 Å². The monoisotopic (exact) mass is 454 g/mol. The Hall–Kier alpha value is -3.04. The SMILES string of the molecule is COC(=O)c1sccc1NC(=O)c1cc(-c2cc(C)sc2C)nc2c1cnn2C(C)C. The number of amides is 1. The minimum Gasteiger partial charge on any atom is -0.465 e. The molecule has 0 atom stereocenters. The molecule has 0 saturated heterocycles. The lowest BCUT2D eigenvalue weighted by Crippen LogP contribution is -2.15. The highest BCUT2D eigenvalue weighted by atomic mass is 32.1. The van der Waals surface area contributed by atoms with E-state index in [0.717, 1.165) is 16.1 Å². The van der Waals surface area contributed by atoms with Crippen LogP contribution in [0.1, 0.15) is 49.7 Å². The van der Waals surface area contributed by atoms with Crippen LogP contribution in [0.5, 0.6) is 0 Å². The number of ether oxygens (including phenoxy) is 1. The Morgan fingerprint density at radius 1 is 1.23 bits per heavy atom. The molecule has 4 aromatic heterocycles. The molecule has 0 aromatic carbocycles. The molecule has 160 valence electrons. The van der Waals surface area contributed by atoms with Crippen molar-refractivity contribution in [1.29, 1.82) is 0 Å². The van der Waals surface area contributed by atoms with E-state index in [2.05, 4.69) is 23.4 Å². The summed E-state index contributed by atoms with van der Waals surface area (Å²) in [7, 11) is 1.32. The number of hydrogen-bond donors (Lipinski definition) is 1. The molecule has 4 aromatic rings. The fourth-order valence-electron chi connectivity index (χ4n) is 3.46. The van der Waals surface area contributed by atoms with E-state index >= 15 is 0 Å². The van der Waals surface area contributed by atoms with Crippen LogP contribution in [0.3, 0.4) is 0 Å². The van der Waals surface area contributed by atoms with Crippen molar-refractivity contribution >= 4 is 51.3 Å². The molecule has 9 heteroatoms. The number of aryl methyl sites for hydroxylation is 2. The van der Waals surface area contributed by atoms with E-state index in [1.54, 1.807) is 35.0 Å². The van der Waals surface area contributed by atoms with E-state index < -0.39 is 5.97 Å². The number of aromatic nitrogens is 3. The van der Waals surface area contributed by atoms with Gasteiger partial charge in [0.2, 0.25) is 0 Å². The summed E-state index contributed by atoms with van der Waals surface area (Å²) in [5, 5.41) is 9.72. The van der Waals surface area contributed by atoms with Gasteiger partial charge in [0.1, 0.15) is 4.88 Å². The van der Waals surface area contributed by atoms with Gasteiger partial charge in [0.25, 0.3) is 5.91 Å². The maximum Gasteiger partial charge on any atom is 0.350 e. The molecular formula is C22H22N4O3S2. The van der Waals surface area contributed by atoms with Crippen LogP contribution in [0, 0.1) is 13.8 Å². The molecule has 0 saturated carbocycles. The number of hydrogen-bond acceptors (Lipinski definition) is 7. The molecule has 31 heavy (non-hydrogen) atoms. The molecule has 4 rings (SSSR count). The Bertz CT molecular complexity index is 1300. The second-order valence-electron chi connectivity index (χ2n) is 7.41. The summed E-state index contributed by atoms with van der Waals surface area (Å²) in [6.07, 6.45) is 1.67. The second-order valence-corrected chi connectivity index (χ2v) is 9.79. The van der Waals surface area contributed by atoms with Crippen molar-refractivity contribution in [2.75, 3.05) is 12.4 Å². The van der Waals surface area contributed by atoms with Crippen LogP contribution in [0.4, 0.5) is 5.69 Å². The first-order valence-corrected chi connectivity index (χ1v) is 11.4. The zero-order valence-electron chi connectivity index (χ0n) is 17.8. The first kappa shape index (κ1) is 21.2. The predicted molar refractivity (Wildman–Crippen MR) is 124 cm³/mol. The van der Waals surface area contributed by atoms with Crippen molar-refractivity contribution in [2.24, 2.45) is 0 Å². The number of methoxy groups -OCH3 is 1. The molecule has 0 unspecified atom stereocenters. The van der Waals surface area contributed by atoms with E-state index in [4.69, 9.17) is 9.72 Å². The molecule has 1 amide bonds. The smallest absolute Gasteiger partial charge is 0.350 e. The van der Waals surface area contributed by atoms with Crippen LogP contribution in [0.25, 0.3) is 22.3 Å². The van der Waals surface area contributed by atoms with Crippen molar-refractivity contribution in [2.45, 2.75) is 33.7 Å². The molecule has 4 heterocycles. The number of anilines is 1. The number of thiophene rings is 2. The van der Waals surface area contributed by atoms with Crippen molar-refractivity contribution < 1.29 is 14.3 Å². The summed E-state index contributed by atoms with van der Waals surface area (Å²) >= 11 is 2.91. The zero-order valence-corrected chi connectivity index (χ0v) is 19.5. The summed E-state index contributed by atoms with van der Waals surface area (Å²) < 4.78 is 6.63. The number of nitrogens with one attached hydrogen (secondary N) is 1. The normalized spacial score (nSPS) is 11.3.